The first-order valence-electron chi connectivity index (χ1n) is 6.99. The number of piperidine rings is 1. The second-order valence-electron chi connectivity index (χ2n) is 4.82. The van der Waals surface area contributed by atoms with Gasteiger partial charge in [0.15, 0.2) is 0 Å². The number of benzene rings is 1. The largest absolute Gasteiger partial charge is 0.494 e. The predicted octanol–water partition coefficient (Wildman–Crippen LogP) is 2.12. The van der Waals surface area contributed by atoms with Crippen molar-refractivity contribution in [2.75, 3.05) is 19.7 Å². The number of amides is 1. The highest BCUT2D eigenvalue weighted by molar-refractivity contribution is 5.85. The van der Waals surface area contributed by atoms with E-state index in [1.54, 1.807) is 0 Å². The summed E-state index contributed by atoms with van der Waals surface area (Å²) >= 11 is 0. The van der Waals surface area contributed by atoms with E-state index in [-0.39, 0.29) is 24.2 Å². The van der Waals surface area contributed by atoms with E-state index in [0.29, 0.717) is 13.2 Å². The van der Waals surface area contributed by atoms with E-state index in [2.05, 4.69) is 10.6 Å². The molecule has 2 rings (SSSR count). The maximum atomic E-state index is 12.0. The lowest BCUT2D eigenvalue weighted by molar-refractivity contribution is -0.125. The number of nitrogens with one attached hydrogen (secondary N) is 2. The summed E-state index contributed by atoms with van der Waals surface area (Å²) in [6, 6.07) is 7.87. The van der Waals surface area contributed by atoms with Crippen LogP contribution in [0.4, 0.5) is 0 Å². The van der Waals surface area contributed by atoms with E-state index in [0.717, 1.165) is 37.2 Å². The molecule has 1 saturated heterocycles. The van der Waals surface area contributed by atoms with Crippen LogP contribution in [-0.4, -0.2) is 25.6 Å². The summed E-state index contributed by atoms with van der Waals surface area (Å²) in [7, 11) is 0. The van der Waals surface area contributed by atoms with Crippen LogP contribution >= 0.6 is 12.4 Å². The van der Waals surface area contributed by atoms with Crippen molar-refractivity contribution in [3.63, 3.8) is 0 Å². The van der Waals surface area contributed by atoms with Crippen LogP contribution in [-0.2, 0) is 11.3 Å². The zero-order chi connectivity index (χ0) is 13.5. The maximum Gasteiger partial charge on any atom is 0.223 e. The van der Waals surface area contributed by atoms with Crippen LogP contribution < -0.4 is 15.4 Å². The average Bonchev–Trinajstić information content (AvgIpc) is 2.46. The van der Waals surface area contributed by atoms with Gasteiger partial charge in [0, 0.05) is 12.5 Å². The van der Waals surface area contributed by atoms with Gasteiger partial charge in [0.25, 0.3) is 0 Å². The second kappa shape index (κ2) is 8.82. The van der Waals surface area contributed by atoms with Crippen LogP contribution in [0.25, 0.3) is 0 Å². The van der Waals surface area contributed by atoms with Crippen molar-refractivity contribution in [2.45, 2.75) is 26.3 Å². The minimum atomic E-state index is 0. The minimum Gasteiger partial charge on any atom is -0.494 e. The first kappa shape index (κ1) is 16.8. The van der Waals surface area contributed by atoms with Gasteiger partial charge in [-0.2, -0.15) is 0 Å². The molecule has 5 heteroatoms. The molecule has 112 valence electrons. The molecular weight excluding hydrogens is 276 g/mol. The molecule has 1 aliphatic heterocycles. The molecule has 0 saturated carbocycles. The fraction of sp³-hybridized carbons (Fsp3) is 0.533. The van der Waals surface area contributed by atoms with Crippen molar-refractivity contribution < 1.29 is 9.53 Å². The standard InChI is InChI=1S/C15H22N2O2.ClH/c1-2-19-14-5-3-4-12(10-14)11-17-15(18)13-6-8-16-9-7-13;/h3-5,10,13,16H,2,6-9,11H2,1H3,(H,17,18);1H. The molecular formula is C15H23ClN2O2. The molecule has 1 heterocycles. The Labute approximate surface area is 126 Å². The van der Waals surface area contributed by atoms with Crippen molar-refractivity contribution >= 4 is 18.3 Å². The van der Waals surface area contributed by atoms with Crippen molar-refractivity contribution in [1.29, 1.82) is 0 Å². The Morgan fingerprint density at radius 2 is 2.15 bits per heavy atom. The molecule has 0 spiro atoms. The normalized spacial score (nSPS) is 15.2. The molecule has 0 aromatic heterocycles. The second-order valence-corrected chi connectivity index (χ2v) is 4.82. The van der Waals surface area contributed by atoms with Crippen LogP contribution in [0.3, 0.4) is 0 Å². The smallest absolute Gasteiger partial charge is 0.223 e. The SMILES string of the molecule is CCOc1cccc(CNC(=O)C2CCNCC2)c1.Cl. The minimum absolute atomic E-state index is 0. The van der Waals surface area contributed by atoms with Crippen LogP contribution in [0.2, 0.25) is 0 Å². The van der Waals surface area contributed by atoms with Gasteiger partial charge in [-0.05, 0) is 50.6 Å². The lowest BCUT2D eigenvalue weighted by Crippen LogP contribution is -2.37. The highest BCUT2D eigenvalue weighted by Crippen LogP contribution is 2.14. The summed E-state index contributed by atoms with van der Waals surface area (Å²) in [4.78, 5) is 12.0. The van der Waals surface area contributed by atoms with Gasteiger partial charge in [-0.15, -0.1) is 12.4 Å². The molecule has 0 radical (unpaired) electrons. The van der Waals surface area contributed by atoms with Crippen molar-refractivity contribution in [1.82, 2.24) is 10.6 Å². The Morgan fingerprint density at radius 3 is 2.85 bits per heavy atom. The third-order valence-corrected chi connectivity index (χ3v) is 3.39. The summed E-state index contributed by atoms with van der Waals surface area (Å²) in [6.07, 6.45) is 1.87. The molecule has 4 nitrogen and oxygen atoms in total. The first-order valence-corrected chi connectivity index (χ1v) is 6.99. The maximum absolute atomic E-state index is 12.0. The van der Waals surface area contributed by atoms with Crippen molar-refractivity contribution in [3.8, 4) is 5.75 Å². The van der Waals surface area contributed by atoms with Gasteiger partial charge in [0.05, 0.1) is 6.61 Å². The monoisotopic (exact) mass is 298 g/mol. The van der Waals surface area contributed by atoms with Crippen molar-refractivity contribution in [2.24, 2.45) is 5.92 Å². The molecule has 1 aromatic rings. The number of hydrogen-bond donors (Lipinski definition) is 2. The predicted molar refractivity (Wildman–Crippen MR) is 82.3 cm³/mol. The van der Waals surface area contributed by atoms with Crippen molar-refractivity contribution in [3.05, 3.63) is 29.8 Å². The molecule has 1 amide bonds. The van der Waals surface area contributed by atoms with Gasteiger partial charge in [0.1, 0.15) is 5.75 Å². The van der Waals surface area contributed by atoms with E-state index in [4.69, 9.17) is 4.74 Å². The first-order chi connectivity index (χ1) is 9.29. The lowest BCUT2D eigenvalue weighted by atomic mass is 9.97. The number of hydrogen-bond acceptors (Lipinski definition) is 3. The van der Waals surface area contributed by atoms with Gasteiger partial charge in [-0.3, -0.25) is 4.79 Å². The molecule has 0 unspecified atom stereocenters. The van der Waals surface area contributed by atoms with Gasteiger partial charge < -0.3 is 15.4 Å². The third kappa shape index (κ3) is 5.02. The highest BCUT2D eigenvalue weighted by atomic mass is 35.5. The van der Waals surface area contributed by atoms with E-state index in [9.17, 15) is 4.79 Å². The molecule has 1 aliphatic rings. The molecule has 1 fully saturated rings. The molecule has 1 aromatic carbocycles. The van der Waals surface area contributed by atoms with Gasteiger partial charge >= 0.3 is 0 Å². The zero-order valence-corrected chi connectivity index (χ0v) is 12.7. The fourth-order valence-corrected chi connectivity index (χ4v) is 2.33. The summed E-state index contributed by atoms with van der Waals surface area (Å²) in [5, 5.41) is 6.28. The average molecular weight is 299 g/mol. The van der Waals surface area contributed by atoms with E-state index in [1.807, 2.05) is 31.2 Å². The molecule has 2 N–H and O–H groups in total. The molecule has 20 heavy (non-hydrogen) atoms. The summed E-state index contributed by atoms with van der Waals surface area (Å²) < 4.78 is 5.45. The number of rotatable bonds is 5. The van der Waals surface area contributed by atoms with Crippen LogP contribution in [0.1, 0.15) is 25.3 Å². The summed E-state index contributed by atoms with van der Waals surface area (Å²) in [6.45, 7) is 5.08. The third-order valence-electron chi connectivity index (χ3n) is 3.39. The molecule has 0 aliphatic carbocycles. The van der Waals surface area contributed by atoms with Gasteiger partial charge in [-0.25, -0.2) is 0 Å². The number of carbonyl (C=O) groups excluding carboxylic acids is 1. The summed E-state index contributed by atoms with van der Waals surface area (Å²) in [5.74, 6) is 1.19. The quantitative estimate of drug-likeness (QED) is 0.875. The number of ether oxygens (including phenoxy) is 1. The Kier molecular flexibility index (Phi) is 7.41. The lowest BCUT2D eigenvalue weighted by Gasteiger charge is -2.21. The fourth-order valence-electron chi connectivity index (χ4n) is 2.33. The summed E-state index contributed by atoms with van der Waals surface area (Å²) in [5.41, 5.74) is 1.08. The van der Waals surface area contributed by atoms with E-state index >= 15 is 0 Å². The zero-order valence-electron chi connectivity index (χ0n) is 11.9. The molecule has 0 bridgehead atoms. The van der Waals surface area contributed by atoms with Gasteiger partial charge in [0.2, 0.25) is 5.91 Å². The number of halogens is 1. The molecule has 0 atom stereocenters. The highest BCUT2D eigenvalue weighted by Gasteiger charge is 2.20. The number of carbonyl (C=O) groups is 1. The van der Waals surface area contributed by atoms with Crippen LogP contribution in [0.5, 0.6) is 5.75 Å². The van der Waals surface area contributed by atoms with E-state index < -0.39 is 0 Å². The topological polar surface area (TPSA) is 50.4 Å². The Hall–Kier alpha value is -1.26. The Morgan fingerprint density at radius 1 is 1.40 bits per heavy atom. The van der Waals surface area contributed by atoms with E-state index in [1.165, 1.54) is 0 Å². The Bertz CT molecular complexity index is 420. The van der Waals surface area contributed by atoms with Crippen LogP contribution in [0, 0.1) is 5.92 Å². The Balaban J connectivity index is 0.00000200. The van der Waals surface area contributed by atoms with Gasteiger partial charge in [-0.1, -0.05) is 12.1 Å². The van der Waals surface area contributed by atoms with Crippen LogP contribution in [0.15, 0.2) is 24.3 Å².